The summed E-state index contributed by atoms with van der Waals surface area (Å²) >= 11 is 0. The predicted octanol–water partition coefficient (Wildman–Crippen LogP) is 4.27. The first-order valence-corrected chi connectivity index (χ1v) is 13.5. The van der Waals surface area contributed by atoms with Crippen LogP contribution in [0.5, 0.6) is 0 Å². The second-order valence-corrected chi connectivity index (χ2v) is 10.2. The molecule has 41 heavy (non-hydrogen) atoms. The van der Waals surface area contributed by atoms with E-state index in [-0.39, 0.29) is 24.8 Å². The number of carbonyl (C=O) groups excluding carboxylic acids is 2. The third-order valence-electron chi connectivity index (χ3n) is 7.37. The highest BCUT2D eigenvalue weighted by Crippen LogP contribution is 2.35. The topological polar surface area (TPSA) is 107 Å². The van der Waals surface area contributed by atoms with E-state index in [4.69, 9.17) is 4.42 Å². The molecule has 0 atom stereocenters. The molecule has 0 bridgehead atoms. The molecule has 5 rings (SSSR count). The summed E-state index contributed by atoms with van der Waals surface area (Å²) in [6.45, 7) is 3.14. The van der Waals surface area contributed by atoms with Crippen molar-refractivity contribution in [2.45, 2.75) is 38.3 Å². The largest absolute Gasteiger partial charge is 0.437 e. The number of Topliss-reactive ketones (excluding diaryl/α,β-unsaturated/α-hetero) is 1. The van der Waals surface area contributed by atoms with Gasteiger partial charge in [-0.15, -0.1) is 0 Å². The van der Waals surface area contributed by atoms with Crippen LogP contribution in [0.25, 0.3) is 0 Å². The summed E-state index contributed by atoms with van der Waals surface area (Å²) in [5, 5.41) is 9.26. The third kappa shape index (κ3) is 6.51. The molecule has 214 valence electrons. The van der Waals surface area contributed by atoms with E-state index in [1.165, 1.54) is 6.20 Å². The molecule has 9 nitrogen and oxygen atoms in total. The van der Waals surface area contributed by atoms with Crippen LogP contribution in [0.1, 0.15) is 52.2 Å². The molecule has 4 heterocycles. The molecule has 1 amide bonds. The quantitative estimate of drug-likeness (QED) is 0.391. The summed E-state index contributed by atoms with van der Waals surface area (Å²) in [5.74, 6) is -0.998. The number of anilines is 2. The van der Waals surface area contributed by atoms with Crippen LogP contribution in [0.3, 0.4) is 0 Å². The zero-order valence-electron chi connectivity index (χ0n) is 22.4. The number of hydrogen-bond donors (Lipinski definition) is 0. The molecule has 0 saturated carbocycles. The van der Waals surface area contributed by atoms with Gasteiger partial charge in [0, 0.05) is 51.9 Å². The van der Waals surface area contributed by atoms with Crippen molar-refractivity contribution in [3.05, 3.63) is 70.7 Å². The summed E-state index contributed by atoms with van der Waals surface area (Å²) in [5.41, 5.74) is 0.344. The van der Waals surface area contributed by atoms with Gasteiger partial charge in [-0.3, -0.25) is 9.59 Å². The minimum absolute atomic E-state index is 0.0525. The van der Waals surface area contributed by atoms with Crippen LogP contribution >= 0.6 is 0 Å². The van der Waals surface area contributed by atoms with Gasteiger partial charge < -0.3 is 19.1 Å². The number of benzene rings is 1. The highest BCUT2D eigenvalue weighted by molar-refractivity contribution is 5.96. The Bertz CT molecular complexity index is 1430. The number of aromatic nitrogens is 2. The Kier molecular flexibility index (Phi) is 8.23. The summed E-state index contributed by atoms with van der Waals surface area (Å²) < 4.78 is 46.4. The summed E-state index contributed by atoms with van der Waals surface area (Å²) in [4.78, 5) is 39.1. The second-order valence-electron chi connectivity index (χ2n) is 10.2. The van der Waals surface area contributed by atoms with Gasteiger partial charge in [0.25, 0.3) is 6.01 Å². The molecule has 12 heteroatoms. The fourth-order valence-electron chi connectivity index (χ4n) is 5.13. The second kappa shape index (κ2) is 12.0. The number of nitrogens with zero attached hydrogens (tertiary/aromatic N) is 6. The number of nitriles is 1. The summed E-state index contributed by atoms with van der Waals surface area (Å²) in [6.07, 6.45) is -0.847. The van der Waals surface area contributed by atoms with Gasteiger partial charge in [0.1, 0.15) is 5.82 Å². The Balaban J connectivity index is 1.19. The Hall–Kier alpha value is -4.40. The van der Waals surface area contributed by atoms with Crippen LogP contribution in [0.15, 0.2) is 47.0 Å². The molecule has 2 saturated heterocycles. The number of oxazole rings is 1. The lowest BCUT2D eigenvalue weighted by Crippen LogP contribution is -2.49. The number of alkyl halides is 3. The van der Waals surface area contributed by atoms with Gasteiger partial charge in [-0.2, -0.15) is 23.4 Å². The number of piperidine rings is 1. The molecule has 1 aromatic carbocycles. The maximum atomic E-state index is 13.7. The monoisotopic (exact) mass is 566 g/mol. The van der Waals surface area contributed by atoms with Crippen molar-refractivity contribution in [1.29, 1.82) is 5.26 Å². The van der Waals surface area contributed by atoms with E-state index in [0.717, 1.165) is 19.3 Å². The van der Waals surface area contributed by atoms with Crippen LogP contribution in [0, 0.1) is 11.3 Å². The first-order chi connectivity index (χ1) is 19.7. The predicted molar refractivity (Wildman–Crippen MR) is 143 cm³/mol. The lowest BCUT2D eigenvalue weighted by atomic mass is 10.0. The third-order valence-corrected chi connectivity index (χ3v) is 7.37. The van der Waals surface area contributed by atoms with E-state index in [2.05, 4.69) is 16.0 Å². The van der Waals surface area contributed by atoms with Crippen molar-refractivity contribution in [3.63, 3.8) is 0 Å². The lowest BCUT2D eigenvalue weighted by Gasteiger charge is -2.35. The van der Waals surface area contributed by atoms with Crippen LogP contribution in [0.2, 0.25) is 0 Å². The molecule has 0 radical (unpaired) electrons. The number of amides is 1. The van der Waals surface area contributed by atoms with Gasteiger partial charge in [0.15, 0.2) is 5.69 Å². The van der Waals surface area contributed by atoms with E-state index in [1.807, 2.05) is 4.90 Å². The Labute approximate surface area is 235 Å². The molecule has 0 N–H and O–H groups in total. The number of hydrogen-bond acceptors (Lipinski definition) is 8. The van der Waals surface area contributed by atoms with Gasteiger partial charge in [-0.05, 0) is 42.5 Å². The zero-order valence-corrected chi connectivity index (χ0v) is 22.4. The number of pyridine rings is 1. The Morgan fingerprint density at radius 3 is 2.32 bits per heavy atom. The van der Waals surface area contributed by atoms with Crippen LogP contribution in [-0.4, -0.2) is 65.8 Å². The fraction of sp³-hybridized carbons (Fsp3) is 0.414. The van der Waals surface area contributed by atoms with Gasteiger partial charge in [0.2, 0.25) is 17.5 Å². The first-order valence-electron chi connectivity index (χ1n) is 13.5. The molecule has 2 aliphatic heterocycles. The minimum Gasteiger partial charge on any atom is -0.420 e. The highest BCUT2D eigenvalue weighted by Gasteiger charge is 2.41. The van der Waals surface area contributed by atoms with E-state index in [9.17, 15) is 28.0 Å². The number of halogens is 3. The summed E-state index contributed by atoms with van der Waals surface area (Å²) in [7, 11) is 0. The molecular formula is C29H29F3N6O3. The molecule has 3 aromatic rings. The first kappa shape index (κ1) is 28.1. The number of piperazine rings is 1. The van der Waals surface area contributed by atoms with E-state index in [0.29, 0.717) is 61.8 Å². The van der Waals surface area contributed by atoms with Crippen LogP contribution in [0.4, 0.5) is 25.0 Å². The number of ketones is 1. The molecule has 2 fully saturated rings. The molecule has 0 spiro atoms. The van der Waals surface area contributed by atoms with Gasteiger partial charge in [0.05, 0.1) is 18.1 Å². The fourth-order valence-corrected chi connectivity index (χ4v) is 5.13. The Morgan fingerprint density at radius 2 is 1.66 bits per heavy atom. The number of carbonyl (C=O) groups is 2. The number of rotatable bonds is 7. The molecule has 2 aliphatic rings. The SMILES string of the molecule is N#Cc1ccccc1CC(=O)N1CCN(c2ccc(CC(=O)c3oc(N4CCCCC4)nc3C(F)(F)F)cn2)CC1. The van der Waals surface area contributed by atoms with E-state index >= 15 is 0 Å². The average molecular weight is 567 g/mol. The average Bonchev–Trinajstić information content (AvgIpc) is 3.45. The minimum atomic E-state index is -4.81. The maximum absolute atomic E-state index is 13.7. The van der Waals surface area contributed by atoms with Crippen molar-refractivity contribution < 1.29 is 27.2 Å². The standard InChI is InChI=1S/C29H29F3N6O3/c30-29(31,32)27-26(41-28(35-27)38-10-4-1-5-11-38)23(39)16-20-8-9-24(34-19-20)36-12-14-37(15-13-36)25(40)17-21-6-2-3-7-22(21)18-33/h2-3,6-9,19H,1,4-5,10-17H2. The van der Waals surface area contributed by atoms with Gasteiger partial charge in [-0.25, -0.2) is 4.98 Å². The van der Waals surface area contributed by atoms with E-state index < -0.39 is 23.4 Å². The molecular weight excluding hydrogens is 537 g/mol. The highest BCUT2D eigenvalue weighted by atomic mass is 19.4. The molecule has 0 unspecified atom stereocenters. The van der Waals surface area contributed by atoms with Crippen molar-refractivity contribution in [1.82, 2.24) is 14.9 Å². The van der Waals surface area contributed by atoms with E-state index in [1.54, 1.807) is 46.2 Å². The Morgan fingerprint density at radius 1 is 0.927 bits per heavy atom. The van der Waals surface area contributed by atoms with Crippen molar-refractivity contribution >= 4 is 23.5 Å². The van der Waals surface area contributed by atoms with Crippen molar-refractivity contribution in [2.24, 2.45) is 0 Å². The van der Waals surface area contributed by atoms with Crippen LogP contribution < -0.4 is 9.80 Å². The van der Waals surface area contributed by atoms with Crippen LogP contribution in [-0.2, 0) is 23.8 Å². The lowest BCUT2D eigenvalue weighted by molar-refractivity contribution is -0.141. The zero-order chi connectivity index (χ0) is 29.0. The molecule has 0 aliphatic carbocycles. The normalized spacial score (nSPS) is 16.0. The maximum Gasteiger partial charge on any atom is 0.437 e. The van der Waals surface area contributed by atoms with Gasteiger partial charge >= 0.3 is 6.18 Å². The van der Waals surface area contributed by atoms with Crippen molar-refractivity contribution in [2.75, 3.05) is 49.1 Å². The smallest absolute Gasteiger partial charge is 0.420 e. The van der Waals surface area contributed by atoms with Gasteiger partial charge in [-0.1, -0.05) is 24.3 Å². The van der Waals surface area contributed by atoms with Crippen molar-refractivity contribution in [3.8, 4) is 6.07 Å². The molecule has 2 aromatic heterocycles. The summed E-state index contributed by atoms with van der Waals surface area (Å²) in [6, 6.07) is 12.4.